The normalized spacial score (nSPS) is 25.3. The van der Waals surface area contributed by atoms with Crippen LogP contribution >= 0.6 is 11.3 Å². The van der Waals surface area contributed by atoms with Gasteiger partial charge in [0.2, 0.25) is 0 Å². The zero-order chi connectivity index (χ0) is 12.8. The van der Waals surface area contributed by atoms with Crippen molar-refractivity contribution in [2.45, 2.75) is 32.1 Å². The minimum Gasteiger partial charge on any atom is -0.148 e. The van der Waals surface area contributed by atoms with Gasteiger partial charge in [-0.1, -0.05) is 35.9 Å². The molecule has 96 valence electrons. The lowest BCUT2D eigenvalue weighted by molar-refractivity contribution is 0.550. The molecule has 2 aliphatic carbocycles. The molecule has 1 aromatic heterocycles. The van der Waals surface area contributed by atoms with E-state index >= 15 is 0 Å². The molecule has 4 rings (SSSR count). The number of aryl methyl sites for hydroxylation is 1. The first-order chi connectivity index (χ1) is 9.34. The van der Waals surface area contributed by atoms with E-state index in [1.165, 1.54) is 24.8 Å². The highest BCUT2D eigenvalue weighted by Gasteiger charge is 2.36. The molecule has 2 unspecified atom stereocenters. The van der Waals surface area contributed by atoms with E-state index in [0.29, 0.717) is 5.92 Å². The Hall–Kier alpha value is -1.34. The van der Waals surface area contributed by atoms with Gasteiger partial charge in [-0.15, -0.1) is 11.3 Å². The van der Waals surface area contributed by atoms with Gasteiger partial charge in [0.05, 0.1) is 0 Å². The molecular formula is C18H18S. The van der Waals surface area contributed by atoms with Crippen LogP contribution in [0.5, 0.6) is 0 Å². The summed E-state index contributed by atoms with van der Waals surface area (Å²) in [7, 11) is 0. The molecule has 1 heteroatoms. The van der Waals surface area contributed by atoms with Crippen LogP contribution in [0.15, 0.2) is 47.4 Å². The van der Waals surface area contributed by atoms with Crippen LogP contribution in [0.1, 0.15) is 41.7 Å². The third-order valence-corrected chi connectivity index (χ3v) is 5.81. The lowest BCUT2D eigenvalue weighted by atomic mass is 9.84. The first-order valence-corrected chi connectivity index (χ1v) is 8.05. The number of hydrogen-bond acceptors (Lipinski definition) is 1. The molecule has 0 spiro atoms. The molecular weight excluding hydrogens is 248 g/mol. The average molecular weight is 266 g/mol. The van der Waals surface area contributed by atoms with Crippen molar-refractivity contribution in [1.82, 2.24) is 0 Å². The van der Waals surface area contributed by atoms with Gasteiger partial charge in [0.1, 0.15) is 0 Å². The highest BCUT2D eigenvalue weighted by Crippen LogP contribution is 2.52. The molecule has 0 saturated carbocycles. The smallest absolute Gasteiger partial charge is 0.0121 e. The lowest BCUT2D eigenvalue weighted by Crippen LogP contribution is -2.08. The van der Waals surface area contributed by atoms with Crippen molar-refractivity contribution < 1.29 is 0 Å². The Labute approximate surface area is 118 Å². The van der Waals surface area contributed by atoms with Crippen molar-refractivity contribution in [3.8, 4) is 0 Å². The number of allylic oxidation sites excluding steroid dienone is 2. The van der Waals surface area contributed by atoms with Crippen LogP contribution in [0, 0.1) is 5.92 Å². The first-order valence-electron chi connectivity index (χ1n) is 7.17. The molecule has 2 aromatic rings. The summed E-state index contributed by atoms with van der Waals surface area (Å²) in [6, 6.07) is 13.4. The van der Waals surface area contributed by atoms with E-state index in [-0.39, 0.29) is 0 Å². The van der Waals surface area contributed by atoms with Gasteiger partial charge in [0, 0.05) is 10.8 Å². The van der Waals surface area contributed by atoms with E-state index in [0.717, 1.165) is 5.92 Å². The van der Waals surface area contributed by atoms with E-state index in [2.05, 4.69) is 48.7 Å². The third kappa shape index (κ3) is 1.72. The minimum atomic E-state index is 0.645. The Kier molecular flexibility index (Phi) is 2.63. The Balaban J connectivity index is 1.81. The van der Waals surface area contributed by atoms with Gasteiger partial charge in [-0.3, -0.25) is 0 Å². The molecule has 2 atom stereocenters. The molecule has 19 heavy (non-hydrogen) atoms. The lowest BCUT2D eigenvalue weighted by Gasteiger charge is -2.21. The molecule has 2 aliphatic rings. The maximum absolute atomic E-state index is 2.36. The van der Waals surface area contributed by atoms with Crippen LogP contribution in [-0.4, -0.2) is 0 Å². The topological polar surface area (TPSA) is 0 Å². The summed E-state index contributed by atoms with van der Waals surface area (Å²) < 4.78 is 0. The zero-order valence-electron chi connectivity index (χ0n) is 11.2. The molecule has 0 fully saturated rings. The predicted octanol–water partition coefficient (Wildman–Crippen LogP) is 5.27. The molecule has 0 N–H and O–H groups in total. The molecule has 0 aliphatic heterocycles. The Morgan fingerprint density at radius 3 is 2.79 bits per heavy atom. The van der Waals surface area contributed by atoms with E-state index in [1.807, 2.05) is 11.3 Å². The van der Waals surface area contributed by atoms with Crippen LogP contribution in [0.3, 0.4) is 0 Å². The first kappa shape index (κ1) is 11.5. The maximum atomic E-state index is 2.36. The van der Waals surface area contributed by atoms with Crippen molar-refractivity contribution in [2.24, 2.45) is 5.92 Å². The molecule has 0 nitrogen and oxygen atoms in total. The third-order valence-electron chi connectivity index (χ3n) is 4.83. The molecule has 1 heterocycles. The summed E-state index contributed by atoms with van der Waals surface area (Å²) in [5.41, 5.74) is 6.36. The average Bonchev–Trinajstić information content (AvgIpc) is 3.04. The summed E-state index contributed by atoms with van der Waals surface area (Å²) in [5, 5.41) is 2.27. The monoisotopic (exact) mass is 266 g/mol. The maximum Gasteiger partial charge on any atom is 0.0121 e. The second-order valence-electron chi connectivity index (χ2n) is 5.79. The predicted molar refractivity (Wildman–Crippen MR) is 82.5 cm³/mol. The standard InChI is InChI=1S/C18H18S/c1-12-16(13-5-3-2-4-6-13)11-14-7-8-17-15(18(12)14)9-10-19-17/h2-6,9-10,14,16H,7-8,11H2,1H3. The van der Waals surface area contributed by atoms with Crippen molar-refractivity contribution in [3.63, 3.8) is 0 Å². The summed E-state index contributed by atoms with van der Waals surface area (Å²) in [5.74, 6) is 1.44. The van der Waals surface area contributed by atoms with Gasteiger partial charge in [-0.2, -0.15) is 0 Å². The summed E-state index contributed by atoms with van der Waals surface area (Å²) in [6.45, 7) is 2.36. The molecule has 0 radical (unpaired) electrons. The Morgan fingerprint density at radius 2 is 1.95 bits per heavy atom. The fourth-order valence-electron chi connectivity index (χ4n) is 3.93. The fourth-order valence-corrected chi connectivity index (χ4v) is 4.84. The fraction of sp³-hybridized carbons (Fsp3) is 0.333. The highest BCUT2D eigenvalue weighted by molar-refractivity contribution is 7.10. The summed E-state index contributed by atoms with van der Waals surface area (Å²) in [6.07, 6.45) is 3.96. The van der Waals surface area contributed by atoms with Gasteiger partial charge < -0.3 is 0 Å². The van der Waals surface area contributed by atoms with Crippen LogP contribution in [0.4, 0.5) is 0 Å². The van der Waals surface area contributed by atoms with E-state index in [9.17, 15) is 0 Å². The SMILES string of the molecule is CC1=C2c3ccsc3CCC2CC1c1ccccc1. The van der Waals surface area contributed by atoms with Crippen LogP contribution in [-0.2, 0) is 6.42 Å². The number of benzene rings is 1. The number of thiophene rings is 1. The van der Waals surface area contributed by atoms with E-state index in [4.69, 9.17) is 0 Å². The number of rotatable bonds is 1. The Morgan fingerprint density at radius 1 is 1.11 bits per heavy atom. The van der Waals surface area contributed by atoms with Gasteiger partial charge in [0.15, 0.2) is 0 Å². The summed E-state index contributed by atoms with van der Waals surface area (Å²) in [4.78, 5) is 1.61. The molecule has 0 saturated heterocycles. The summed E-state index contributed by atoms with van der Waals surface area (Å²) >= 11 is 1.94. The van der Waals surface area contributed by atoms with Crippen molar-refractivity contribution >= 4 is 16.9 Å². The second-order valence-corrected chi connectivity index (χ2v) is 6.79. The largest absolute Gasteiger partial charge is 0.148 e. The van der Waals surface area contributed by atoms with Crippen LogP contribution in [0.25, 0.3) is 5.57 Å². The van der Waals surface area contributed by atoms with Gasteiger partial charge in [0.25, 0.3) is 0 Å². The van der Waals surface area contributed by atoms with Crippen LogP contribution in [0.2, 0.25) is 0 Å². The molecule has 0 amide bonds. The van der Waals surface area contributed by atoms with Crippen molar-refractivity contribution in [2.75, 3.05) is 0 Å². The zero-order valence-corrected chi connectivity index (χ0v) is 12.0. The van der Waals surface area contributed by atoms with Gasteiger partial charge in [-0.05, 0) is 60.3 Å². The second kappa shape index (κ2) is 4.35. The quantitative estimate of drug-likeness (QED) is 0.659. The van der Waals surface area contributed by atoms with E-state index in [1.54, 1.807) is 21.6 Å². The highest BCUT2D eigenvalue weighted by atomic mass is 32.1. The van der Waals surface area contributed by atoms with Crippen molar-refractivity contribution in [3.05, 3.63) is 63.4 Å². The van der Waals surface area contributed by atoms with Crippen molar-refractivity contribution in [1.29, 1.82) is 0 Å². The minimum absolute atomic E-state index is 0.645. The van der Waals surface area contributed by atoms with Gasteiger partial charge in [-0.25, -0.2) is 0 Å². The molecule has 1 aromatic carbocycles. The number of hydrogen-bond donors (Lipinski definition) is 0. The molecule has 0 bridgehead atoms. The number of fused-ring (bicyclic) bond motifs is 3. The Bertz CT molecular complexity index is 633. The van der Waals surface area contributed by atoms with Gasteiger partial charge >= 0.3 is 0 Å². The van der Waals surface area contributed by atoms with E-state index < -0.39 is 0 Å². The van der Waals surface area contributed by atoms with Crippen LogP contribution < -0.4 is 0 Å².